The van der Waals surface area contributed by atoms with E-state index in [1.54, 1.807) is 11.0 Å². The lowest BCUT2D eigenvalue weighted by atomic mass is 9.96. The molecular formula is C9H12N4O. The van der Waals surface area contributed by atoms with Crippen LogP contribution in [0.4, 0.5) is 0 Å². The fraction of sp³-hybridized carbons (Fsp3) is 0.444. The van der Waals surface area contributed by atoms with Crippen molar-refractivity contribution in [2.45, 2.75) is 12.8 Å². The minimum atomic E-state index is 0.239. The molecule has 1 aromatic heterocycles. The Morgan fingerprint density at radius 3 is 3.07 bits per heavy atom. The monoisotopic (exact) mass is 192 g/mol. The summed E-state index contributed by atoms with van der Waals surface area (Å²) in [7, 11) is 0. The molecule has 1 atom stereocenters. The molecule has 0 saturated carbocycles. The van der Waals surface area contributed by atoms with Crippen molar-refractivity contribution in [1.29, 1.82) is 0 Å². The maximum atomic E-state index is 8.78. The van der Waals surface area contributed by atoms with Crippen LogP contribution >= 0.6 is 0 Å². The Labute approximate surface area is 81.7 Å². The van der Waals surface area contributed by atoms with Crippen molar-refractivity contribution >= 4 is 5.70 Å². The van der Waals surface area contributed by atoms with Crippen LogP contribution in [-0.2, 0) is 0 Å². The lowest BCUT2D eigenvalue weighted by molar-refractivity contribution is 0.270. The van der Waals surface area contributed by atoms with E-state index in [1.807, 2.05) is 6.08 Å². The number of hydrogen-bond donors (Lipinski definition) is 1. The average Bonchev–Trinajstić information content (AvgIpc) is 2.72. The molecule has 0 bridgehead atoms. The molecule has 0 amide bonds. The second kappa shape index (κ2) is 4.15. The van der Waals surface area contributed by atoms with Crippen LogP contribution in [-0.4, -0.2) is 31.9 Å². The van der Waals surface area contributed by atoms with E-state index in [4.69, 9.17) is 5.11 Å². The number of aliphatic hydroxyl groups excluding tert-OH is 1. The number of aromatic nitrogens is 4. The summed E-state index contributed by atoms with van der Waals surface area (Å²) in [6, 6.07) is 0. The van der Waals surface area contributed by atoms with Gasteiger partial charge in [0.2, 0.25) is 0 Å². The van der Waals surface area contributed by atoms with Crippen molar-refractivity contribution in [2.24, 2.45) is 5.92 Å². The highest BCUT2D eigenvalue weighted by molar-refractivity contribution is 5.57. The van der Waals surface area contributed by atoms with Gasteiger partial charge in [-0.2, -0.15) is 0 Å². The fourth-order valence-corrected chi connectivity index (χ4v) is 1.48. The highest BCUT2D eigenvalue weighted by Crippen LogP contribution is 2.20. The first-order valence-electron chi connectivity index (χ1n) is 4.62. The predicted octanol–water partition coefficient (Wildman–Crippen LogP) is 0.472. The molecule has 14 heavy (non-hydrogen) atoms. The van der Waals surface area contributed by atoms with Gasteiger partial charge in [-0.15, -0.1) is 5.10 Å². The molecule has 2 rings (SSSR count). The minimum absolute atomic E-state index is 0.239. The van der Waals surface area contributed by atoms with E-state index in [-0.39, 0.29) is 6.61 Å². The lowest BCUT2D eigenvalue weighted by Gasteiger charge is -2.13. The summed E-state index contributed by atoms with van der Waals surface area (Å²) < 4.78 is 1.63. The molecule has 5 nitrogen and oxygen atoms in total. The van der Waals surface area contributed by atoms with E-state index >= 15 is 0 Å². The van der Waals surface area contributed by atoms with Gasteiger partial charge in [-0.1, -0.05) is 12.2 Å². The van der Waals surface area contributed by atoms with Crippen molar-refractivity contribution in [1.82, 2.24) is 20.2 Å². The summed E-state index contributed by atoms with van der Waals surface area (Å²) in [6.45, 7) is 0.239. The quantitative estimate of drug-likeness (QED) is 0.756. The standard InChI is InChI=1S/C9H12N4O/c14-6-5-8-1-3-9(4-2-8)13-7-10-11-12-13/h1,3-4,7-8,14H,2,5-6H2. The van der Waals surface area contributed by atoms with Gasteiger partial charge in [0.15, 0.2) is 0 Å². The van der Waals surface area contributed by atoms with Crippen LogP contribution < -0.4 is 0 Å². The number of allylic oxidation sites excluding steroid dienone is 4. The third-order valence-corrected chi connectivity index (χ3v) is 2.28. The summed E-state index contributed by atoms with van der Waals surface area (Å²) in [4.78, 5) is 0. The van der Waals surface area contributed by atoms with Gasteiger partial charge in [-0.3, -0.25) is 0 Å². The predicted molar refractivity (Wildman–Crippen MR) is 51.0 cm³/mol. The van der Waals surface area contributed by atoms with E-state index < -0.39 is 0 Å². The molecule has 0 radical (unpaired) electrons. The van der Waals surface area contributed by atoms with Crippen LogP contribution in [0.15, 0.2) is 24.6 Å². The zero-order valence-corrected chi connectivity index (χ0v) is 7.74. The first-order valence-corrected chi connectivity index (χ1v) is 4.62. The van der Waals surface area contributed by atoms with Crippen molar-refractivity contribution in [3.8, 4) is 0 Å². The van der Waals surface area contributed by atoms with Gasteiger partial charge in [-0.25, -0.2) is 4.68 Å². The second-order valence-electron chi connectivity index (χ2n) is 3.25. The molecule has 1 aliphatic carbocycles. The number of nitrogens with zero attached hydrogens (tertiary/aromatic N) is 4. The van der Waals surface area contributed by atoms with Crippen molar-refractivity contribution in [2.75, 3.05) is 6.61 Å². The molecule has 1 N–H and O–H groups in total. The molecular weight excluding hydrogens is 180 g/mol. The molecule has 0 fully saturated rings. The smallest absolute Gasteiger partial charge is 0.143 e. The van der Waals surface area contributed by atoms with E-state index in [0.29, 0.717) is 5.92 Å². The van der Waals surface area contributed by atoms with Crippen LogP contribution in [0.3, 0.4) is 0 Å². The molecule has 1 aliphatic rings. The molecule has 0 spiro atoms. The first kappa shape index (κ1) is 9.08. The number of tetrazole rings is 1. The van der Waals surface area contributed by atoms with Crippen LogP contribution in [0, 0.1) is 5.92 Å². The van der Waals surface area contributed by atoms with Gasteiger partial charge in [0.1, 0.15) is 6.33 Å². The fourth-order valence-electron chi connectivity index (χ4n) is 1.48. The van der Waals surface area contributed by atoms with E-state index in [0.717, 1.165) is 18.5 Å². The Morgan fingerprint density at radius 2 is 2.50 bits per heavy atom. The zero-order valence-electron chi connectivity index (χ0n) is 7.74. The summed E-state index contributed by atoms with van der Waals surface area (Å²) in [6.07, 6.45) is 9.48. The minimum Gasteiger partial charge on any atom is -0.396 e. The Kier molecular flexibility index (Phi) is 2.69. The molecule has 0 aliphatic heterocycles. The Hall–Kier alpha value is -1.49. The van der Waals surface area contributed by atoms with Crippen molar-refractivity contribution in [3.63, 3.8) is 0 Å². The van der Waals surface area contributed by atoms with Gasteiger partial charge >= 0.3 is 0 Å². The Morgan fingerprint density at radius 1 is 1.57 bits per heavy atom. The first-order chi connectivity index (χ1) is 6.90. The Bertz CT molecular complexity index is 342. The number of rotatable bonds is 3. The van der Waals surface area contributed by atoms with E-state index in [2.05, 4.69) is 27.7 Å². The summed E-state index contributed by atoms with van der Waals surface area (Å²) >= 11 is 0. The van der Waals surface area contributed by atoms with Gasteiger partial charge in [0.05, 0.1) is 5.70 Å². The van der Waals surface area contributed by atoms with Gasteiger partial charge in [0, 0.05) is 6.61 Å². The maximum absolute atomic E-state index is 8.78. The molecule has 1 heterocycles. The third-order valence-electron chi connectivity index (χ3n) is 2.28. The second-order valence-corrected chi connectivity index (χ2v) is 3.25. The van der Waals surface area contributed by atoms with Crippen LogP contribution in [0.25, 0.3) is 5.70 Å². The summed E-state index contributed by atoms with van der Waals surface area (Å²) in [5.41, 5.74) is 0.990. The highest BCUT2D eigenvalue weighted by atomic mass is 16.3. The average molecular weight is 192 g/mol. The maximum Gasteiger partial charge on any atom is 0.143 e. The van der Waals surface area contributed by atoms with Crippen LogP contribution in [0.1, 0.15) is 12.8 Å². The SMILES string of the molecule is OCCC1C=CC(n2cnnn2)=CC1. The van der Waals surface area contributed by atoms with Gasteiger partial charge in [0.25, 0.3) is 0 Å². The molecule has 74 valence electrons. The molecule has 1 unspecified atom stereocenters. The van der Waals surface area contributed by atoms with E-state index in [9.17, 15) is 0 Å². The molecule has 0 saturated heterocycles. The third kappa shape index (κ3) is 1.88. The van der Waals surface area contributed by atoms with Crippen LogP contribution in [0.2, 0.25) is 0 Å². The van der Waals surface area contributed by atoms with Gasteiger partial charge < -0.3 is 5.11 Å². The normalized spacial score (nSPS) is 20.9. The summed E-state index contributed by atoms with van der Waals surface area (Å²) in [5.74, 6) is 0.445. The number of hydrogen-bond acceptors (Lipinski definition) is 4. The molecule has 1 aromatic rings. The Balaban J connectivity index is 2.03. The highest BCUT2D eigenvalue weighted by Gasteiger charge is 2.09. The number of aliphatic hydroxyl groups is 1. The van der Waals surface area contributed by atoms with Crippen molar-refractivity contribution in [3.05, 3.63) is 24.6 Å². The van der Waals surface area contributed by atoms with E-state index in [1.165, 1.54) is 0 Å². The summed E-state index contributed by atoms with van der Waals surface area (Å²) in [5, 5.41) is 19.7. The van der Waals surface area contributed by atoms with Gasteiger partial charge in [-0.05, 0) is 35.3 Å². The largest absolute Gasteiger partial charge is 0.396 e. The van der Waals surface area contributed by atoms with Crippen LogP contribution in [0.5, 0.6) is 0 Å². The van der Waals surface area contributed by atoms with Crippen molar-refractivity contribution < 1.29 is 5.11 Å². The topological polar surface area (TPSA) is 63.8 Å². The molecule has 0 aromatic carbocycles. The molecule has 5 heteroatoms. The lowest BCUT2D eigenvalue weighted by Crippen LogP contribution is -2.05. The zero-order chi connectivity index (χ0) is 9.80.